The maximum Gasteiger partial charge on any atom is 0.146 e. The van der Waals surface area contributed by atoms with E-state index in [2.05, 4.69) is 5.32 Å². The van der Waals surface area contributed by atoms with Crippen LogP contribution in [0.15, 0.2) is 40.8 Å². The molecule has 0 aliphatic rings. The smallest absolute Gasteiger partial charge is 0.146 e. The molecule has 0 fully saturated rings. The Hall–Kier alpha value is -2.00. The van der Waals surface area contributed by atoms with Crippen LogP contribution in [0.5, 0.6) is 5.75 Å². The second-order valence-corrected chi connectivity index (χ2v) is 4.65. The molecule has 0 radical (unpaired) electrons. The first-order valence-corrected chi connectivity index (χ1v) is 6.82. The van der Waals surface area contributed by atoms with Gasteiger partial charge in [-0.15, -0.1) is 0 Å². The molecular formula is C17H21NO2. The zero-order chi connectivity index (χ0) is 14.4. The van der Waals surface area contributed by atoms with E-state index in [-0.39, 0.29) is 0 Å². The summed E-state index contributed by atoms with van der Waals surface area (Å²) in [4.78, 5) is 0. The van der Waals surface area contributed by atoms with Crippen LogP contribution in [0.1, 0.15) is 29.6 Å². The first kappa shape index (κ1) is 14.4. The summed E-state index contributed by atoms with van der Waals surface area (Å²) in [5, 5.41) is 3.13. The molecule has 0 aliphatic carbocycles. The van der Waals surface area contributed by atoms with E-state index in [1.54, 1.807) is 0 Å². The third-order valence-electron chi connectivity index (χ3n) is 3.07. The Morgan fingerprint density at radius 3 is 2.85 bits per heavy atom. The Labute approximate surface area is 120 Å². The zero-order valence-electron chi connectivity index (χ0n) is 12.3. The van der Waals surface area contributed by atoms with Gasteiger partial charge in [0.2, 0.25) is 0 Å². The molecule has 106 valence electrons. The van der Waals surface area contributed by atoms with Crippen LogP contribution in [0.2, 0.25) is 0 Å². The van der Waals surface area contributed by atoms with Gasteiger partial charge in [0.15, 0.2) is 0 Å². The molecule has 1 heterocycles. The topological polar surface area (TPSA) is 34.4 Å². The summed E-state index contributed by atoms with van der Waals surface area (Å²) in [7, 11) is 1.93. The Balaban J connectivity index is 2.07. The van der Waals surface area contributed by atoms with Crippen molar-refractivity contribution in [2.75, 3.05) is 7.05 Å². The fourth-order valence-corrected chi connectivity index (χ4v) is 2.10. The first-order chi connectivity index (χ1) is 9.74. The van der Waals surface area contributed by atoms with Gasteiger partial charge in [0.25, 0.3) is 0 Å². The average molecular weight is 271 g/mol. The van der Waals surface area contributed by atoms with Gasteiger partial charge in [-0.3, -0.25) is 0 Å². The third-order valence-corrected chi connectivity index (χ3v) is 3.07. The van der Waals surface area contributed by atoms with Crippen LogP contribution >= 0.6 is 0 Å². The number of hydrogen-bond donors (Lipinski definition) is 1. The quantitative estimate of drug-likeness (QED) is 0.864. The fourth-order valence-electron chi connectivity index (χ4n) is 2.10. The molecule has 0 saturated heterocycles. The van der Waals surface area contributed by atoms with E-state index < -0.39 is 0 Å². The maximum absolute atomic E-state index is 5.86. The number of allylic oxidation sites excluding steroid dienone is 1. The third kappa shape index (κ3) is 3.52. The van der Waals surface area contributed by atoms with E-state index in [9.17, 15) is 0 Å². The molecular weight excluding hydrogens is 250 g/mol. The van der Waals surface area contributed by atoms with Crippen LogP contribution in [0, 0.1) is 6.92 Å². The van der Waals surface area contributed by atoms with E-state index in [4.69, 9.17) is 9.15 Å². The van der Waals surface area contributed by atoms with Crippen LogP contribution in [-0.2, 0) is 13.2 Å². The minimum atomic E-state index is 0.444. The zero-order valence-corrected chi connectivity index (χ0v) is 12.3. The summed E-state index contributed by atoms with van der Waals surface area (Å²) in [5.41, 5.74) is 2.25. The number of aryl methyl sites for hydroxylation is 1. The van der Waals surface area contributed by atoms with Crippen molar-refractivity contribution in [3.63, 3.8) is 0 Å². The molecule has 0 atom stereocenters. The standard InChI is InChI=1S/C17H21NO2/c1-4-7-14-8-5-6-9-17(14)19-12-16-10-15(11-18-3)13(2)20-16/h4-10,18H,11-12H2,1-3H3. The summed E-state index contributed by atoms with van der Waals surface area (Å²) in [6, 6.07) is 10.0. The van der Waals surface area contributed by atoms with Gasteiger partial charge in [0.05, 0.1) is 0 Å². The molecule has 20 heavy (non-hydrogen) atoms. The van der Waals surface area contributed by atoms with Gasteiger partial charge in [0, 0.05) is 17.7 Å². The summed E-state index contributed by atoms with van der Waals surface area (Å²) in [6.45, 7) is 5.23. The Morgan fingerprint density at radius 1 is 1.30 bits per heavy atom. The number of para-hydroxylation sites is 1. The van der Waals surface area contributed by atoms with Gasteiger partial charge >= 0.3 is 0 Å². The maximum atomic E-state index is 5.86. The van der Waals surface area contributed by atoms with Crippen molar-refractivity contribution in [1.29, 1.82) is 0 Å². The molecule has 2 rings (SSSR count). The number of ether oxygens (including phenoxy) is 1. The highest BCUT2D eigenvalue weighted by Gasteiger charge is 2.08. The molecule has 1 aromatic carbocycles. The van der Waals surface area contributed by atoms with Crippen molar-refractivity contribution in [3.05, 3.63) is 59.1 Å². The van der Waals surface area contributed by atoms with Crippen LogP contribution in [0.4, 0.5) is 0 Å². The van der Waals surface area contributed by atoms with Gasteiger partial charge in [-0.1, -0.05) is 30.4 Å². The monoisotopic (exact) mass is 271 g/mol. The largest absolute Gasteiger partial charge is 0.485 e. The van der Waals surface area contributed by atoms with Gasteiger partial charge in [-0.05, 0) is 33.0 Å². The first-order valence-electron chi connectivity index (χ1n) is 6.82. The van der Waals surface area contributed by atoms with Crippen LogP contribution in [-0.4, -0.2) is 7.05 Å². The summed E-state index contributed by atoms with van der Waals surface area (Å²) >= 11 is 0. The molecule has 0 bridgehead atoms. The molecule has 0 unspecified atom stereocenters. The van der Waals surface area contributed by atoms with Crippen molar-refractivity contribution < 1.29 is 9.15 Å². The van der Waals surface area contributed by atoms with E-state index >= 15 is 0 Å². The van der Waals surface area contributed by atoms with Crippen molar-refractivity contribution in [2.45, 2.75) is 27.0 Å². The number of nitrogens with one attached hydrogen (secondary N) is 1. The minimum absolute atomic E-state index is 0.444. The highest BCUT2D eigenvalue weighted by Crippen LogP contribution is 2.22. The molecule has 0 aliphatic heterocycles. The van der Waals surface area contributed by atoms with E-state index in [0.29, 0.717) is 6.61 Å². The van der Waals surface area contributed by atoms with Crippen LogP contribution in [0.25, 0.3) is 6.08 Å². The number of benzene rings is 1. The van der Waals surface area contributed by atoms with Crippen LogP contribution in [0.3, 0.4) is 0 Å². The van der Waals surface area contributed by atoms with Gasteiger partial charge in [-0.2, -0.15) is 0 Å². The van der Waals surface area contributed by atoms with Crippen molar-refractivity contribution in [2.24, 2.45) is 0 Å². The molecule has 0 saturated carbocycles. The molecule has 0 spiro atoms. The second kappa shape index (κ2) is 6.96. The number of rotatable bonds is 6. The fraction of sp³-hybridized carbons (Fsp3) is 0.294. The number of hydrogen-bond acceptors (Lipinski definition) is 3. The van der Waals surface area contributed by atoms with E-state index in [0.717, 1.165) is 29.4 Å². The lowest BCUT2D eigenvalue weighted by molar-refractivity contribution is 0.267. The molecule has 0 amide bonds. The van der Waals surface area contributed by atoms with Crippen LogP contribution < -0.4 is 10.1 Å². The predicted octanol–water partition coefficient (Wildman–Crippen LogP) is 3.92. The molecule has 1 aromatic heterocycles. The molecule has 3 heteroatoms. The van der Waals surface area contributed by atoms with Crippen molar-refractivity contribution in [3.8, 4) is 5.75 Å². The Morgan fingerprint density at radius 2 is 2.10 bits per heavy atom. The highest BCUT2D eigenvalue weighted by atomic mass is 16.5. The molecule has 1 N–H and O–H groups in total. The Bertz CT molecular complexity index is 584. The van der Waals surface area contributed by atoms with Gasteiger partial charge in [-0.25, -0.2) is 0 Å². The minimum Gasteiger partial charge on any atom is -0.485 e. The van der Waals surface area contributed by atoms with E-state index in [1.807, 2.05) is 63.4 Å². The second-order valence-electron chi connectivity index (χ2n) is 4.65. The lowest BCUT2D eigenvalue weighted by atomic mass is 10.2. The van der Waals surface area contributed by atoms with Crippen molar-refractivity contribution >= 4 is 6.08 Å². The predicted molar refractivity (Wildman–Crippen MR) is 81.7 cm³/mol. The lowest BCUT2D eigenvalue weighted by Crippen LogP contribution is -2.04. The summed E-state index contributed by atoms with van der Waals surface area (Å²) in [6.07, 6.45) is 4.04. The highest BCUT2D eigenvalue weighted by molar-refractivity contribution is 5.56. The van der Waals surface area contributed by atoms with E-state index in [1.165, 1.54) is 5.56 Å². The lowest BCUT2D eigenvalue weighted by Gasteiger charge is -2.07. The molecule has 2 aromatic rings. The summed E-state index contributed by atoms with van der Waals surface area (Å²) < 4.78 is 11.6. The molecule has 3 nitrogen and oxygen atoms in total. The Kier molecular flexibility index (Phi) is 5.02. The average Bonchev–Trinajstić information content (AvgIpc) is 2.79. The van der Waals surface area contributed by atoms with Gasteiger partial charge < -0.3 is 14.5 Å². The van der Waals surface area contributed by atoms with Gasteiger partial charge in [0.1, 0.15) is 23.9 Å². The number of furan rings is 1. The van der Waals surface area contributed by atoms with Crippen molar-refractivity contribution in [1.82, 2.24) is 5.32 Å². The SMILES string of the molecule is CC=Cc1ccccc1OCc1cc(CNC)c(C)o1. The summed E-state index contributed by atoms with van der Waals surface area (Å²) in [5.74, 6) is 2.66. The normalized spacial score (nSPS) is 11.2.